The maximum Gasteiger partial charge on any atom is 0.220 e. The summed E-state index contributed by atoms with van der Waals surface area (Å²) >= 11 is 0. The van der Waals surface area contributed by atoms with Gasteiger partial charge in [0, 0.05) is 25.2 Å². The Kier molecular flexibility index (Phi) is 2.57. The molecule has 1 fully saturated rings. The minimum atomic E-state index is -0.674. The molecule has 0 aliphatic carbocycles. The Balaban J connectivity index is 2.18. The van der Waals surface area contributed by atoms with Crippen LogP contribution in [0.4, 0.5) is 14.7 Å². The van der Waals surface area contributed by atoms with E-state index in [2.05, 4.69) is 4.98 Å². The Morgan fingerprint density at radius 2 is 1.83 bits per heavy atom. The number of nitrogen functional groups attached to an aromatic ring is 1. The van der Waals surface area contributed by atoms with Gasteiger partial charge in [0.25, 0.3) is 0 Å². The third-order valence-electron chi connectivity index (χ3n) is 3.29. The standard InChI is InChI=1S/C12H14F2N4/c13-8-6-9(14)11-10(7-8)18(12(15)16-11)17-4-2-1-3-5-17/h6-7H,1-5H2,(H2,15,16). The highest BCUT2D eigenvalue weighted by atomic mass is 19.1. The fourth-order valence-corrected chi connectivity index (χ4v) is 2.48. The van der Waals surface area contributed by atoms with E-state index in [4.69, 9.17) is 5.73 Å². The van der Waals surface area contributed by atoms with Crippen molar-refractivity contribution in [2.24, 2.45) is 0 Å². The first kappa shape index (κ1) is 11.3. The van der Waals surface area contributed by atoms with Crippen molar-refractivity contribution in [3.8, 4) is 0 Å². The quantitative estimate of drug-likeness (QED) is 0.844. The fourth-order valence-electron chi connectivity index (χ4n) is 2.48. The average Bonchev–Trinajstić information content (AvgIpc) is 2.67. The molecule has 0 amide bonds. The Morgan fingerprint density at radius 1 is 1.11 bits per heavy atom. The monoisotopic (exact) mass is 252 g/mol. The number of hydrogen-bond acceptors (Lipinski definition) is 3. The summed E-state index contributed by atoms with van der Waals surface area (Å²) in [6.45, 7) is 1.65. The topological polar surface area (TPSA) is 47.1 Å². The highest BCUT2D eigenvalue weighted by molar-refractivity contribution is 5.79. The number of fused-ring (bicyclic) bond motifs is 1. The molecule has 1 aromatic heterocycles. The number of nitrogens with zero attached hydrogens (tertiary/aromatic N) is 3. The van der Waals surface area contributed by atoms with Crippen molar-refractivity contribution in [1.29, 1.82) is 0 Å². The number of rotatable bonds is 1. The summed E-state index contributed by atoms with van der Waals surface area (Å²) in [7, 11) is 0. The Hall–Kier alpha value is -1.85. The minimum absolute atomic E-state index is 0.125. The van der Waals surface area contributed by atoms with Crippen molar-refractivity contribution in [2.45, 2.75) is 19.3 Å². The highest BCUT2D eigenvalue weighted by Gasteiger charge is 2.19. The van der Waals surface area contributed by atoms with Crippen LogP contribution in [0.25, 0.3) is 11.0 Å². The predicted molar refractivity (Wildman–Crippen MR) is 65.9 cm³/mol. The van der Waals surface area contributed by atoms with Crippen molar-refractivity contribution >= 4 is 17.0 Å². The van der Waals surface area contributed by atoms with E-state index in [0.29, 0.717) is 5.52 Å². The molecule has 0 spiro atoms. The van der Waals surface area contributed by atoms with E-state index in [1.807, 2.05) is 5.01 Å². The van der Waals surface area contributed by atoms with Gasteiger partial charge in [-0.15, -0.1) is 0 Å². The number of imidazole rings is 1. The van der Waals surface area contributed by atoms with Gasteiger partial charge in [-0.05, 0) is 19.3 Å². The van der Waals surface area contributed by atoms with Crippen LogP contribution in [0.5, 0.6) is 0 Å². The lowest BCUT2D eigenvalue weighted by molar-refractivity contribution is 0.488. The molecule has 0 saturated carbocycles. The number of halogens is 2. The van der Waals surface area contributed by atoms with Crippen LogP contribution >= 0.6 is 0 Å². The van der Waals surface area contributed by atoms with Crippen LogP contribution in [-0.4, -0.2) is 22.7 Å². The molecule has 1 aliphatic rings. The molecule has 0 unspecified atom stereocenters. The van der Waals surface area contributed by atoms with E-state index < -0.39 is 11.6 Å². The zero-order chi connectivity index (χ0) is 12.7. The van der Waals surface area contributed by atoms with Crippen molar-refractivity contribution in [2.75, 3.05) is 23.8 Å². The number of piperidine rings is 1. The van der Waals surface area contributed by atoms with Crippen molar-refractivity contribution in [3.05, 3.63) is 23.8 Å². The average molecular weight is 252 g/mol. The van der Waals surface area contributed by atoms with Gasteiger partial charge in [0.15, 0.2) is 5.82 Å². The third kappa shape index (κ3) is 1.68. The van der Waals surface area contributed by atoms with Gasteiger partial charge < -0.3 is 10.7 Å². The van der Waals surface area contributed by atoms with E-state index in [1.165, 1.54) is 12.5 Å². The first-order valence-corrected chi connectivity index (χ1v) is 6.05. The summed E-state index contributed by atoms with van der Waals surface area (Å²) < 4.78 is 28.6. The molecular formula is C12H14F2N4. The molecule has 3 rings (SSSR count). The van der Waals surface area contributed by atoms with Crippen molar-refractivity contribution < 1.29 is 8.78 Å². The van der Waals surface area contributed by atoms with Gasteiger partial charge in [-0.25, -0.2) is 18.4 Å². The summed E-state index contributed by atoms with van der Waals surface area (Å²) in [5, 5.41) is 1.99. The third-order valence-corrected chi connectivity index (χ3v) is 3.29. The normalized spacial score (nSPS) is 16.4. The van der Waals surface area contributed by atoms with Gasteiger partial charge in [0.1, 0.15) is 11.3 Å². The summed E-state index contributed by atoms with van der Waals surface area (Å²) in [6.07, 6.45) is 3.28. The molecule has 0 atom stereocenters. The maximum absolute atomic E-state index is 13.6. The summed E-state index contributed by atoms with van der Waals surface area (Å²) in [5.41, 5.74) is 6.34. The molecule has 2 N–H and O–H groups in total. The Labute approximate surface area is 103 Å². The lowest BCUT2D eigenvalue weighted by Gasteiger charge is -2.30. The number of anilines is 1. The highest BCUT2D eigenvalue weighted by Crippen LogP contribution is 2.23. The molecule has 4 nitrogen and oxygen atoms in total. The second-order valence-corrected chi connectivity index (χ2v) is 4.55. The van der Waals surface area contributed by atoms with Crippen LogP contribution in [0, 0.1) is 11.6 Å². The predicted octanol–water partition coefficient (Wildman–Crippen LogP) is 2.02. The van der Waals surface area contributed by atoms with Gasteiger partial charge in [-0.2, -0.15) is 0 Å². The number of hydrogen-bond donors (Lipinski definition) is 1. The van der Waals surface area contributed by atoms with Crippen LogP contribution in [0.3, 0.4) is 0 Å². The van der Waals surface area contributed by atoms with E-state index in [9.17, 15) is 8.78 Å². The van der Waals surface area contributed by atoms with Gasteiger partial charge in [-0.3, -0.25) is 0 Å². The minimum Gasteiger partial charge on any atom is -0.368 e. The van der Waals surface area contributed by atoms with Crippen LogP contribution in [0.1, 0.15) is 19.3 Å². The molecule has 2 heterocycles. The van der Waals surface area contributed by atoms with Gasteiger partial charge in [0.05, 0.1) is 5.52 Å². The number of nitrogens with two attached hydrogens (primary N) is 1. The molecule has 2 aromatic rings. The molecule has 18 heavy (non-hydrogen) atoms. The second-order valence-electron chi connectivity index (χ2n) is 4.55. The molecular weight excluding hydrogens is 238 g/mol. The summed E-state index contributed by atoms with van der Waals surface area (Å²) in [5.74, 6) is -1.08. The zero-order valence-corrected chi connectivity index (χ0v) is 9.87. The van der Waals surface area contributed by atoms with Crippen LogP contribution < -0.4 is 10.7 Å². The lowest BCUT2D eigenvalue weighted by Crippen LogP contribution is -2.39. The van der Waals surface area contributed by atoms with Crippen LogP contribution in [-0.2, 0) is 0 Å². The zero-order valence-electron chi connectivity index (χ0n) is 9.87. The largest absolute Gasteiger partial charge is 0.368 e. The van der Waals surface area contributed by atoms with Gasteiger partial charge >= 0.3 is 0 Å². The van der Waals surface area contributed by atoms with Gasteiger partial charge in [-0.1, -0.05) is 0 Å². The molecule has 1 saturated heterocycles. The Bertz CT molecular complexity index is 587. The number of benzene rings is 1. The first-order valence-electron chi connectivity index (χ1n) is 6.05. The lowest BCUT2D eigenvalue weighted by atomic mass is 10.2. The maximum atomic E-state index is 13.6. The fraction of sp³-hybridized carbons (Fsp3) is 0.417. The van der Waals surface area contributed by atoms with E-state index >= 15 is 0 Å². The molecule has 6 heteroatoms. The van der Waals surface area contributed by atoms with Crippen LogP contribution in [0.2, 0.25) is 0 Å². The van der Waals surface area contributed by atoms with Crippen LogP contribution in [0.15, 0.2) is 12.1 Å². The summed E-state index contributed by atoms with van der Waals surface area (Å²) in [6, 6.07) is 2.10. The van der Waals surface area contributed by atoms with E-state index in [1.54, 1.807) is 4.68 Å². The number of aromatic nitrogens is 2. The molecule has 1 aromatic carbocycles. The Morgan fingerprint density at radius 3 is 2.56 bits per heavy atom. The first-order chi connectivity index (χ1) is 8.66. The molecule has 96 valence electrons. The smallest absolute Gasteiger partial charge is 0.220 e. The van der Waals surface area contributed by atoms with E-state index in [-0.39, 0.29) is 11.5 Å². The van der Waals surface area contributed by atoms with Crippen molar-refractivity contribution in [3.63, 3.8) is 0 Å². The SMILES string of the molecule is Nc1nc2c(F)cc(F)cc2n1N1CCCCC1. The summed E-state index contributed by atoms with van der Waals surface area (Å²) in [4.78, 5) is 3.99. The molecule has 0 bridgehead atoms. The van der Waals surface area contributed by atoms with Crippen molar-refractivity contribution in [1.82, 2.24) is 9.66 Å². The molecule has 0 radical (unpaired) electrons. The van der Waals surface area contributed by atoms with Gasteiger partial charge in [0.2, 0.25) is 5.95 Å². The molecule has 1 aliphatic heterocycles. The van der Waals surface area contributed by atoms with E-state index in [0.717, 1.165) is 32.0 Å². The second kappa shape index (κ2) is 4.12.